The summed E-state index contributed by atoms with van der Waals surface area (Å²) in [6.07, 6.45) is 1.45. The lowest BCUT2D eigenvalue weighted by atomic mass is 10.2. The molecule has 1 saturated heterocycles. The van der Waals surface area contributed by atoms with Crippen LogP contribution in [0.5, 0.6) is 0 Å². The van der Waals surface area contributed by atoms with Gasteiger partial charge in [0.05, 0.1) is 6.04 Å². The van der Waals surface area contributed by atoms with Gasteiger partial charge in [-0.05, 0) is 6.42 Å². The minimum Gasteiger partial charge on any atom is -0.338 e. The standard InChI is InChI=1S/C9H14FN3O/c1-2-3-8-12-9(14-13-8)7-4-6(10)5-11-7/h6-7,11H,2-5H2,1H3/t6-,7-/m1/s1. The first-order chi connectivity index (χ1) is 6.79. The molecular formula is C9H14FN3O. The van der Waals surface area contributed by atoms with Crippen LogP contribution in [-0.4, -0.2) is 22.9 Å². The molecule has 0 bridgehead atoms. The van der Waals surface area contributed by atoms with Crippen LogP contribution in [0.2, 0.25) is 0 Å². The van der Waals surface area contributed by atoms with Crippen LogP contribution in [0.15, 0.2) is 4.52 Å². The molecule has 1 aromatic rings. The molecule has 0 aromatic carbocycles. The number of nitrogens with one attached hydrogen (secondary N) is 1. The molecule has 0 spiro atoms. The summed E-state index contributed by atoms with van der Waals surface area (Å²) in [6.45, 7) is 2.44. The molecule has 1 aliphatic rings. The van der Waals surface area contributed by atoms with Crippen LogP contribution in [0.3, 0.4) is 0 Å². The molecule has 2 rings (SSSR count). The van der Waals surface area contributed by atoms with Crippen LogP contribution in [-0.2, 0) is 6.42 Å². The average Bonchev–Trinajstić information content (AvgIpc) is 2.74. The smallest absolute Gasteiger partial charge is 0.243 e. The zero-order chi connectivity index (χ0) is 9.97. The molecule has 0 saturated carbocycles. The molecule has 0 radical (unpaired) electrons. The summed E-state index contributed by atoms with van der Waals surface area (Å²) in [6, 6.07) is -0.0943. The monoisotopic (exact) mass is 199 g/mol. The van der Waals surface area contributed by atoms with E-state index in [-0.39, 0.29) is 6.04 Å². The molecule has 2 heterocycles. The van der Waals surface area contributed by atoms with Crippen molar-refractivity contribution >= 4 is 0 Å². The molecule has 0 aliphatic carbocycles. The largest absolute Gasteiger partial charge is 0.338 e. The van der Waals surface area contributed by atoms with Gasteiger partial charge in [0, 0.05) is 19.4 Å². The van der Waals surface area contributed by atoms with Crippen molar-refractivity contribution in [2.24, 2.45) is 0 Å². The predicted molar refractivity (Wildman–Crippen MR) is 48.5 cm³/mol. The molecule has 0 unspecified atom stereocenters. The normalized spacial score (nSPS) is 27.0. The summed E-state index contributed by atoms with van der Waals surface area (Å²) in [5, 5.41) is 6.83. The third kappa shape index (κ3) is 1.92. The Morgan fingerprint density at radius 3 is 3.14 bits per heavy atom. The Hall–Kier alpha value is -0.970. The number of aryl methyl sites for hydroxylation is 1. The zero-order valence-electron chi connectivity index (χ0n) is 8.16. The predicted octanol–water partition coefficient (Wildman–Crippen LogP) is 1.39. The first kappa shape index (κ1) is 9.58. The lowest BCUT2D eigenvalue weighted by molar-refractivity contribution is 0.322. The second-order valence-corrected chi connectivity index (χ2v) is 3.59. The molecule has 14 heavy (non-hydrogen) atoms. The van der Waals surface area contributed by atoms with Gasteiger partial charge < -0.3 is 9.84 Å². The minimum absolute atomic E-state index is 0.0943. The van der Waals surface area contributed by atoms with Crippen molar-refractivity contribution in [1.29, 1.82) is 0 Å². The molecule has 1 N–H and O–H groups in total. The van der Waals surface area contributed by atoms with Crippen LogP contribution >= 0.6 is 0 Å². The van der Waals surface area contributed by atoms with Crippen molar-refractivity contribution in [2.45, 2.75) is 38.4 Å². The van der Waals surface area contributed by atoms with Gasteiger partial charge in [-0.15, -0.1) is 0 Å². The highest BCUT2D eigenvalue weighted by Crippen LogP contribution is 2.23. The maximum atomic E-state index is 12.9. The third-order valence-corrected chi connectivity index (χ3v) is 2.33. The van der Waals surface area contributed by atoms with Gasteiger partial charge in [0.2, 0.25) is 5.89 Å². The number of aromatic nitrogens is 2. The first-order valence-electron chi connectivity index (χ1n) is 4.99. The van der Waals surface area contributed by atoms with Gasteiger partial charge >= 0.3 is 0 Å². The second kappa shape index (κ2) is 4.04. The molecule has 2 atom stereocenters. The van der Waals surface area contributed by atoms with E-state index in [0.717, 1.165) is 12.8 Å². The van der Waals surface area contributed by atoms with E-state index in [1.807, 2.05) is 0 Å². The maximum absolute atomic E-state index is 12.9. The summed E-state index contributed by atoms with van der Waals surface area (Å²) >= 11 is 0. The lowest BCUT2D eigenvalue weighted by Gasteiger charge is -2.00. The van der Waals surface area contributed by atoms with E-state index >= 15 is 0 Å². The van der Waals surface area contributed by atoms with E-state index in [1.54, 1.807) is 0 Å². The van der Waals surface area contributed by atoms with Gasteiger partial charge in [-0.25, -0.2) is 4.39 Å². The van der Waals surface area contributed by atoms with E-state index in [1.165, 1.54) is 0 Å². The molecular weight excluding hydrogens is 185 g/mol. The average molecular weight is 199 g/mol. The molecule has 1 aromatic heterocycles. The lowest BCUT2D eigenvalue weighted by Crippen LogP contribution is -2.14. The summed E-state index contributed by atoms with van der Waals surface area (Å²) in [4.78, 5) is 4.21. The molecule has 4 nitrogen and oxygen atoms in total. The summed E-state index contributed by atoms with van der Waals surface area (Å²) in [5.41, 5.74) is 0. The van der Waals surface area contributed by atoms with Gasteiger partial charge in [0.1, 0.15) is 6.17 Å². The van der Waals surface area contributed by atoms with Crippen molar-refractivity contribution in [1.82, 2.24) is 15.5 Å². The highest BCUT2D eigenvalue weighted by atomic mass is 19.1. The fraction of sp³-hybridized carbons (Fsp3) is 0.778. The molecule has 78 valence electrons. The van der Waals surface area contributed by atoms with Crippen LogP contribution < -0.4 is 5.32 Å². The molecule has 1 fully saturated rings. The van der Waals surface area contributed by atoms with Crippen molar-refractivity contribution in [2.75, 3.05) is 6.54 Å². The number of hydrogen-bond donors (Lipinski definition) is 1. The van der Waals surface area contributed by atoms with E-state index in [9.17, 15) is 4.39 Å². The minimum atomic E-state index is -0.790. The van der Waals surface area contributed by atoms with Crippen molar-refractivity contribution in [3.05, 3.63) is 11.7 Å². The van der Waals surface area contributed by atoms with E-state index in [2.05, 4.69) is 22.4 Å². The van der Waals surface area contributed by atoms with Crippen molar-refractivity contribution in [3.8, 4) is 0 Å². The Labute approximate surface area is 81.9 Å². The molecule has 5 heteroatoms. The number of alkyl halides is 1. The van der Waals surface area contributed by atoms with Gasteiger partial charge in [0.15, 0.2) is 5.82 Å². The highest BCUT2D eigenvalue weighted by Gasteiger charge is 2.28. The Bertz CT molecular complexity index is 302. The van der Waals surface area contributed by atoms with E-state index in [0.29, 0.717) is 24.7 Å². The van der Waals surface area contributed by atoms with Gasteiger partial charge in [0.25, 0.3) is 0 Å². The van der Waals surface area contributed by atoms with E-state index < -0.39 is 6.17 Å². The molecule has 0 amide bonds. The highest BCUT2D eigenvalue weighted by molar-refractivity contribution is 4.97. The SMILES string of the molecule is CCCc1noc([C@H]2C[C@@H](F)CN2)n1. The number of rotatable bonds is 3. The van der Waals surface area contributed by atoms with Crippen molar-refractivity contribution < 1.29 is 8.91 Å². The summed E-state index contributed by atoms with van der Waals surface area (Å²) < 4.78 is 17.9. The summed E-state index contributed by atoms with van der Waals surface area (Å²) in [7, 11) is 0. The number of nitrogens with zero attached hydrogens (tertiary/aromatic N) is 2. The fourth-order valence-electron chi connectivity index (χ4n) is 1.61. The summed E-state index contributed by atoms with van der Waals surface area (Å²) in [5.74, 6) is 1.24. The van der Waals surface area contributed by atoms with E-state index in [4.69, 9.17) is 4.52 Å². The Morgan fingerprint density at radius 1 is 1.64 bits per heavy atom. The van der Waals surface area contributed by atoms with Crippen LogP contribution in [0.25, 0.3) is 0 Å². The van der Waals surface area contributed by atoms with Crippen LogP contribution in [0, 0.1) is 0 Å². The van der Waals surface area contributed by atoms with Crippen molar-refractivity contribution in [3.63, 3.8) is 0 Å². The topological polar surface area (TPSA) is 51.0 Å². The maximum Gasteiger partial charge on any atom is 0.243 e. The Balaban J connectivity index is 2.02. The van der Waals surface area contributed by atoms with Gasteiger partial charge in [-0.3, -0.25) is 0 Å². The van der Waals surface area contributed by atoms with Gasteiger partial charge in [-0.2, -0.15) is 4.98 Å². The second-order valence-electron chi connectivity index (χ2n) is 3.59. The fourth-order valence-corrected chi connectivity index (χ4v) is 1.61. The van der Waals surface area contributed by atoms with Crippen LogP contribution in [0.4, 0.5) is 4.39 Å². The number of halogens is 1. The quantitative estimate of drug-likeness (QED) is 0.799. The molecule has 1 aliphatic heterocycles. The number of hydrogen-bond acceptors (Lipinski definition) is 4. The van der Waals surface area contributed by atoms with Gasteiger partial charge in [-0.1, -0.05) is 12.1 Å². The van der Waals surface area contributed by atoms with Crippen LogP contribution in [0.1, 0.15) is 37.5 Å². The zero-order valence-corrected chi connectivity index (χ0v) is 8.16. The Morgan fingerprint density at radius 2 is 2.50 bits per heavy atom. The first-order valence-corrected chi connectivity index (χ1v) is 4.99. The Kier molecular flexibility index (Phi) is 2.77. The third-order valence-electron chi connectivity index (χ3n) is 2.33.